The molecule has 0 bridgehead atoms. The molecule has 0 saturated heterocycles. The average Bonchev–Trinajstić information content (AvgIpc) is 2.29. The molecule has 0 aliphatic rings. The van der Waals surface area contributed by atoms with E-state index in [1.807, 2.05) is 36.4 Å². The Morgan fingerprint density at radius 1 is 1.13 bits per heavy atom. The molecule has 2 rings (SSSR count). The number of fused-ring (bicyclic) bond motifs is 1. The van der Waals surface area contributed by atoms with Crippen molar-refractivity contribution in [2.24, 2.45) is 11.5 Å². The zero-order valence-corrected chi connectivity index (χ0v) is 9.04. The Hall–Kier alpha value is -1.09. The van der Waals surface area contributed by atoms with Crippen LogP contribution in [0.25, 0.3) is 10.8 Å². The molecule has 4 N–H and O–H groups in total. The summed E-state index contributed by atoms with van der Waals surface area (Å²) >= 11 is 6.28. The first-order valence-electron chi connectivity index (χ1n) is 4.87. The van der Waals surface area contributed by atoms with Crippen LogP contribution in [0.1, 0.15) is 11.6 Å². The number of halogens is 1. The van der Waals surface area contributed by atoms with Gasteiger partial charge in [0, 0.05) is 18.0 Å². The van der Waals surface area contributed by atoms with Gasteiger partial charge in [0.05, 0.1) is 5.02 Å². The number of hydrogen-bond acceptors (Lipinski definition) is 2. The third-order valence-electron chi connectivity index (χ3n) is 2.55. The Morgan fingerprint density at radius 2 is 1.87 bits per heavy atom. The molecule has 1 unspecified atom stereocenters. The van der Waals surface area contributed by atoms with Crippen LogP contribution in [0, 0.1) is 0 Å². The maximum absolute atomic E-state index is 6.28. The van der Waals surface area contributed by atoms with Gasteiger partial charge in [0.15, 0.2) is 0 Å². The summed E-state index contributed by atoms with van der Waals surface area (Å²) < 4.78 is 0. The molecule has 0 aliphatic carbocycles. The topological polar surface area (TPSA) is 52.0 Å². The molecule has 0 amide bonds. The summed E-state index contributed by atoms with van der Waals surface area (Å²) in [6, 6.07) is 11.7. The van der Waals surface area contributed by atoms with Gasteiger partial charge in [0.2, 0.25) is 0 Å². The van der Waals surface area contributed by atoms with Crippen LogP contribution in [0.15, 0.2) is 36.4 Å². The standard InChI is InChI=1S/C12H13ClN2/c13-12-9-4-2-1-3-8(9)5-6-10(12)11(15)7-14/h1-6,11H,7,14-15H2. The van der Waals surface area contributed by atoms with Gasteiger partial charge in [-0.15, -0.1) is 0 Å². The van der Waals surface area contributed by atoms with E-state index in [1.54, 1.807) is 0 Å². The van der Waals surface area contributed by atoms with Gasteiger partial charge < -0.3 is 11.5 Å². The third-order valence-corrected chi connectivity index (χ3v) is 2.97. The molecule has 1 atom stereocenters. The van der Waals surface area contributed by atoms with Crippen molar-refractivity contribution in [3.05, 3.63) is 47.0 Å². The molecule has 15 heavy (non-hydrogen) atoms. The van der Waals surface area contributed by atoms with Crippen molar-refractivity contribution in [1.29, 1.82) is 0 Å². The average molecular weight is 221 g/mol. The molecule has 0 radical (unpaired) electrons. The SMILES string of the molecule is NCC(N)c1ccc2ccccc2c1Cl. The molecule has 0 heterocycles. The summed E-state index contributed by atoms with van der Waals surface area (Å²) in [5, 5.41) is 2.86. The zero-order chi connectivity index (χ0) is 10.8. The summed E-state index contributed by atoms with van der Waals surface area (Å²) in [5.74, 6) is 0. The van der Waals surface area contributed by atoms with Gasteiger partial charge in [-0.3, -0.25) is 0 Å². The highest BCUT2D eigenvalue weighted by molar-refractivity contribution is 6.36. The Labute approximate surface area is 93.8 Å². The molecule has 2 aromatic rings. The quantitative estimate of drug-likeness (QED) is 0.817. The van der Waals surface area contributed by atoms with Gasteiger partial charge in [-0.1, -0.05) is 48.0 Å². The molecule has 0 saturated carbocycles. The van der Waals surface area contributed by atoms with E-state index < -0.39 is 0 Å². The third kappa shape index (κ3) is 1.84. The molecular formula is C12H13ClN2. The van der Waals surface area contributed by atoms with Crippen LogP contribution in [0.3, 0.4) is 0 Å². The van der Waals surface area contributed by atoms with Gasteiger partial charge >= 0.3 is 0 Å². The maximum Gasteiger partial charge on any atom is 0.0532 e. The molecule has 0 spiro atoms. The Kier molecular flexibility index (Phi) is 2.91. The molecule has 3 heteroatoms. The Balaban J connectivity index is 2.65. The second-order valence-corrected chi connectivity index (χ2v) is 3.91. The summed E-state index contributed by atoms with van der Waals surface area (Å²) in [6.07, 6.45) is 0. The normalized spacial score (nSPS) is 13.0. The van der Waals surface area contributed by atoms with Crippen LogP contribution < -0.4 is 11.5 Å². The van der Waals surface area contributed by atoms with Crippen LogP contribution in [-0.2, 0) is 0 Å². The number of benzene rings is 2. The highest BCUT2D eigenvalue weighted by Crippen LogP contribution is 2.29. The van der Waals surface area contributed by atoms with Gasteiger partial charge in [-0.2, -0.15) is 0 Å². The minimum Gasteiger partial charge on any atom is -0.329 e. The molecule has 0 aromatic heterocycles. The smallest absolute Gasteiger partial charge is 0.0532 e. The number of hydrogen-bond donors (Lipinski definition) is 2. The van der Waals surface area contributed by atoms with Gasteiger partial charge in [-0.05, 0) is 10.9 Å². The monoisotopic (exact) mass is 220 g/mol. The first-order valence-corrected chi connectivity index (χ1v) is 5.24. The van der Waals surface area contributed by atoms with Crippen molar-refractivity contribution in [2.45, 2.75) is 6.04 Å². The lowest BCUT2D eigenvalue weighted by atomic mass is 10.0. The van der Waals surface area contributed by atoms with Crippen LogP contribution in [0.4, 0.5) is 0 Å². The van der Waals surface area contributed by atoms with E-state index in [-0.39, 0.29) is 6.04 Å². The predicted molar refractivity (Wildman–Crippen MR) is 64.9 cm³/mol. The maximum atomic E-state index is 6.28. The summed E-state index contributed by atoms with van der Waals surface area (Å²) in [7, 11) is 0. The first-order chi connectivity index (χ1) is 7.24. The van der Waals surface area contributed by atoms with Crippen molar-refractivity contribution in [2.75, 3.05) is 6.54 Å². The second kappa shape index (κ2) is 4.19. The van der Waals surface area contributed by atoms with Gasteiger partial charge in [0.1, 0.15) is 0 Å². The van der Waals surface area contributed by atoms with Crippen molar-refractivity contribution in [3.8, 4) is 0 Å². The number of nitrogens with two attached hydrogens (primary N) is 2. The minimum absolute atomic E-state index is 0.192. The van der Waals surface area contributed by atoms with Crippen LogP contribution in [0.2, 0.25) is 5.02 Å². The van der Waals surface area contributed by atoms with Crippen molar-refractivity contribution in [3.63, 3.8) is 0 Å². The second-order valence-electron chi connectivity index (χ2n) is 3.53. The fourth-order valence-corrected chi connectivity index (χ4v) is 2.04. The van der Waals surface area contributed by atoms with E-state index in [0.717, 1.165) is 16.3 Å². The van der Waals surface area contributed by atoms with E-state index in [9.17, 15) is 0 Å². The van der Waals surface area contributed by atoms with E-state index >= 15 is 0 Å². The summed E-state index contributed by atoms with van der Waals surface area (Å²) in [6.45, 7) is 0.401. The number of rotatable bonds is 2. The lowest BCUT2D eigenvalue weighted by Gasteiger charge is -2.12. The van der Waals surface area contributed by atoms with Crippen LogP contribution >= 0.6 is 11.6 Å². The van der Waals surface area contributed by atoms with Gasteiger partial charge in [-0.25, -0.2) is 0 Å². The highest BCUT2D eigenvalue weighted by Gasteiger charge is 2.10. The Bertz CT molecular complexity index is 482. The molecule has 0 fully saturated rings. The lowest BCUT2D eigenvalue weighted by molar-refractivity contribution is 0.738. The zero-order valence-electron chi connectivity index (χ0n) is 8.28. The van der Waals surface area contributed by atoms with E-state index in [1.165, 1.54) is 0 Å². The molecule has 2 nitrogen and oxygen atoms in total. The molecule has 78 valence electrons. The fraction of sp³-hybridized carbons (Fsp3) is 0.167. The highest BCUT2D eigenvalue weighted by atomic mass is 35.5. The largest absolute Gasteiger partial charge is 0.329 e. The van der Waals surface area contributed by atoms with Crippen molar-refractivity contribution < 1.29 is 0 Å². The predicted octanol–water partition coefficient (Wildman–Crippen LogP) is 2.45. The van der Waals surface area contributed by atoms with Gasteiger partial charge in [0.25, 0.3) is 0 Å². The van der Waals surface area contributed by atoms with E-state index in [4.69, 9.17) is 23.1 Å². The minimum atomic E-state index is -0.192. The van der Waals surface area contributed by atoms with Crippen molar-refractivity contribution >= 4 is 22.4 Å². The van der Waals surface area contributed by atoms with E-state index in [0.29, 0.717) is 11.6 Å². The van der Waals surface area contributed by atoms with E-state index in [2.05, 4.69) is 0 Å². The molecule has 2 aromatic carbocycles. The molecule has 0 aliphatic heterocycles. The van der Waals surface area contributed by atoms with Crippen LogP contribution in [-0.4, -0.2) is 6.54 Å². The van der Waals surface area contributed by atoms with Crippen LogP contribution in [0.5, 0.6) is 0 Å². The lowest BCUT2D eigenvalue weighted by Crippen LogP contribution is -2.21. The fourth-order valence-electron chi connectivity index (χ4n) is 1.66. The summed E-state index contributed by atoms with van der Waals surface area (Å²) in [5.41, 5.74) is 12.3. The first kappa shape index (κ1) is 10.4. The Morgan fingerprint density at radius 3 is 2.60 bits per heavy atom. The molecular weight excluding hydrogens is 208 g/mol. The van der Waals surface area contributed by atoms with Crippen molar-refractivity contribution in [1.82, 2.24) is 0 Å². The summed E-state index contributed by atoms with van der Waals surface area (Å²) in [4.78, 5) is 0.